The van der Waals surface area contributed by atoms with E-state index in [0.717, 1.165) is 38.5 Å². The number of nitrogens with one attached hydrogen (secondary N) is 4. The van der Waals surface area contributed by atoms with E-state index < -0.39 is 110 Å². The van der Waals surface area contributed by atoms with Crippen molar-refractivity contribution in [2.45, 2.75) is 191 Å². The van der Waals surface area contributed by atoms with Crippen LogP contribution in [0.15, 0.2) is 0 Å². The first kappa shape index (κ1) is 52.6. The maximum absolute atomic E-state index is 13.8. The van der Waals surface area contributed by atoms with Crippen LogP contribution in [0.1, 0.15) is 112 Å². The Balaban J connectivity index is 1.54. The van der Waals surface area contributed by atoms with E-state index in [0.29, 0.717) is 18.9 Å². The largest absolute Gasteiger partial charge is 0.479 e. The summed E-state index contributed by atoms with van der Waals surface area (Å²) in [6.07, 6.45) is -10.1. The normalized spacial score (nSPS) is 34.5. The fourth-order valence-electron chi connectivity index (χ4n) is 9.01. The van der Waals surface area contributed by atoms with Crippen molar-refractivity contribution in [3.05, 3.63) is 0 Å². The Morgan fingerprint density at radius 3 is 2.03 bits per heavy atom. The van der Waals surface area contributed by atoms with E-state index >= 15 is 0 Å². The van der Waals surface area contributed by atoms with E-state index in [4.69, 9.17) is 23.7 Å². The number of hydrogen-bond acceptors (Lipinski definition) is 15. The zero-order valence-corrected chi connectivity index (χ0v) is 37.4. The molecule has 0 aromatic heterocycles. The maximum atomic E-state index is 13.8. The van der Waals surface area contributed by atoms with Crippen molar-refractivity contribution in [3.8, 4) is 0 Å². The van der Waals surface area contributed by atoms with Crippen LogP contribution in [-0.4, -0.2) is 166 Å². The van der Waals surface area contributed by atoms with Gasteiger partial charge in [-0.1, -0.05) is 59.3 Å². The second-order valence-corrected chi connectivity index (χ2v) is 18.1. The first-order valence-electron chi connectivity index (χ1n) is 22.8. The van der Waals surface area contributed by atoms with Gasteiger partial charge in [0.05, 0.1) is 24.9 Å². The third-order valence-corrected chi connectivity index (χ3v) is 12.7. The number of hydrogen-bond donors (Lipinski definition) is 10. The molecule has 0 bridgehead atoms. The van der Waals surface area contributed by atoms with Gasteiger partial charge in [0.1, 0.15) is 42.7 Å². The molecule has 20 heteroatoms. The average molecular weight is 903 g/mol. The molecular weight excluding hydrogens is 828 g/mol. The van der Waals surface area contributed by atoms with E-state index in [1.807, 2.05) is 20.8 Å². The molecule has 63 heavy (non-hydrogen) atoms. The first-order chi connectivity index (χ1) is 29.9. The fourth-order valence-corrected chi connectivity index (χ4v) is 9.01. The number of carbonyl (C=O) groups excluding carboxylic acids is 4. The minimum absolute atomic E-state index is 0.0168. The molecule has 0 aromatic carbocycles. The lowest BCUT2D eigenvalue weighted by atomic mass is 9.75. The number of aliphatic carboxylic acids is 1. The number of carboxylic acid groups (broad SMARTS) is 1. The van der Waals surface area contributed by atoms with Crippen molar-refractivity contribution in [2.75, 3.05) is 26.2 Å². The number of amides is 4. The lowest BCUT2D eigenvalue weighted by Crippen LogP contribution is -2.67. The van der Waals surface area contributed by atoms with Crippen molar-refractivity contribution >= 4 is 29.6 Å². The summed E-state index contributed by atoms with van der Waals surface area (Å²) in [5.41, 5.74) is 0. The van der Waals surface area contributed by atoms with Crippen molar-refractivity contribution in [2.24, 2.45) is 23.7 Å². The van der Waals surface area contributed by atoms with Gasteiger partial charge in [-0.15, -0.1) is 0 Å². The molecule has 2 heterocycles. The van der Waals surface area contributed by atoms with Gasteiger partial charge in [-0.3, -0.25) is 19.2 Å². The number of aliphatic hydroxyl groups excluding tert-OH is 5. The van der Waals surface area contributed by atoms with Gasteiger partial charge in [0.15, 0.2) is 18.7 Å². The lowest BCUT2D eigenvalue weighted by molar-refractivity contribution is -0.338. The van der Waals surface area contributed by atoms with Crippen LogP contribution in [0.2, 0.25) is 0 Å². The summed E-state index contributed by atoms with van der Waals surface area (Å²) < 4.78 is 31.1. The summed E-state index contributed by atoms with van der Waals surface area (Å²) in [5, 5.41) is 75.0. The van der Waals surface area contributed by atoms with E-state index in [-0.39, 0.29) is 68.8 Å². The second-order valence-electron chi connectivity index (χ2n) is 18.1. The summed E-state index contributed by atoms with van der Waals surface area (Å²) in [7, 11) is 0. The highest BCUT2D eigenvalue weighted by molar-refractivity contribution is 5.83. The van der Waals surface area contributed by atoms with Gasteiger partial charge in [0, 0.05) is 45.3 Å². The average Bonchev–Trinajstić information content (AvgIpc) is 3.24. The molecule has 362 valence electrons. The van der Waals surface area contributed by atoms with Crippen LogP contribution in [0, 0.1) is 23.7 Å². The molecule has 0 radical (unpaired) electrons. The van der Waals surface area contributed by atoms with E-state index in [2.05, 4.69) is 21.3 Å². The number of carbonyl (C=O) groups is 5. The van der Waals surface area contributed by atoms with E-state index in [1.54, 1.807) is 0 Å². The maximum Gasteiger partial charge on any atom is 0.332 e. The Labute approximate surface area is 369 Å². The molecule has 0 aromatic rings. The van der Waals surface area contributed by atoms with E-state index in [1.165, 1.54) is 13.8 Å². The Bertz CT molecular complexity index is 1470. The molecule has 2 aliphatic carbocycles. The molecule has 2 saturated carbocycles. The number of aliphatic hydroxyl groups is 5. The monoisotopic (exact) mass is 903 g/mol. The molecule has 10 N–H and O–H groups in total. The quantitative estimate of drug-likeness (QED) is 0.0618. The zero-order valence-electron chi connectivity index (χ0n) is 37.4. The van der Waals surface area contributed by atoms with Gasteiger partial charge in [-0.2, -0.15) is 0 Å². The molecule has 15 atom stereocenters. The number of rotatable bonds is 22. The van der Waals surface area contributed by atoms with Crippen molar-refractivity contribution in [1.82, 2.24) is 21.3 Å². The van der Waals surface area contributed by atoms with Gasteiger partial charge < -0.3 is 75.6 Å². The van der Waals surface area contributed by atoms with Crippen LogP contribution >= 0.6 is 0 Å². The summed E-state index contributed by atoms with van der Waals surface area (Å²) in [6, 6.07) is -1.33. The van der Waals surface area contributed by atoms with Gasteiger partial charge >= 0.3 is 5.97 Å². The smallest absolute Gasteiger partial charge is 0.332 e. The fraction of sp³-hybridized carbons (Fsp3) is 0.884. The highest BCUT2D eigenvalue weighted by Crippen LogP contribution is 2.40. The van der Waals surface area contributed by atoms with Crippen molar-refractivity contribution in [1.29, 1.82) is 0 Å². The number of ether oxygens (including phenoxy) is 5. The van der Waals surface area contributed by atoms with Crippen LogP contribution in [0.3, 0.4) is 0 Å². The molecule has 4 fully saturated rings. The number of carboxylic acids is 1. The third-order valence-electron chi connectivity index (χ3n) is 12.7. The molecule has 2 aliphatic heterocycles. The molecule has 4 amide bonds. The van der Waals surface area contributed by atoms with Gasteiger partial charge in [0.2, 0.25) is 23.6 Å². The molecule has 2 saturated heterocycles. The standard InChI is InChI=1S/C43H74N4O16/c1-6-26-19-27(40(56)46-17-16-45-32(51)13-12-31(50)44-15-14-22(2)3)20-28(38(26)63-43-37(55)36(54)34(52)23(4)59-43)61-42-33(47-24(5)49)39(35(53)30(21-48)62-42)60-29(41(57)58)18-25-10-8-7-9-11-25/h22-23,25-30,33-39,42-43,48,52-55H,6-21H2,1-5H3,(H,44,50)(H,45,51)(H,46,56)(H,47,49)(H,57,58)/t23?,26-,27?,28?,29+,30+,33?,34?,35?,36?,37?,38?,39?,42-,43?/m1/s1. The lowest BCUT2D eigenvalue weighted by Gasteiger charge is -2.49. The summed E-state index contributed by atoms with van der Waals surface area (Å²) in [4.78, 5) is 63.7. The molecule has 4 rings (SSSR count). The van der Waals surface area contributed by atoms with Crippen LogP contribution in [0.4, 0.5) is 0 Å². The topological polar surface area (TPSA) is 301 Å². The van der Waals surface area contributed by atoms with Crippen molar-refractivity contribution in [3.63, 3.8) is 0 Å². The van der Waals surface area contributed by atoms with E-state index in [9.17, 15) is 54.6 Å². The third kappa shape index (κ3) is 15.5. The molecular formula is C43H74N4O16. The molecule has 11 unspecified atom stereocenters. The predicted molar refractivity (Wildman–Crippen MR) is 223 cm³/mol. The van der Waals surface area contributed by atoms with Crippen LogP contribution in [-0.2, 0) is 47.7 Å². The summed E-state index contributed by atoms with van der Waals surface area (Å²) in [5.74, 6) is -3.46. The predicted octanol–water partition coefficient (Wildman–Crippen LogP) is -0.413. The Hall–Kier alpha value is -3.05. The van der Waals surface area contributed by atoms with Crippen LogP contribution in [0.25, 0.3) is 0 Å². The minimum atomic E-state index is -1.67. The van der Waals surface area contributed by atoms with Gasteiger partial charge in [-0.05, 0) is 50.4 Å². The van der Waals surface area contributed by atoms with Crippen LogP contribution < -0.4 is 21.3 Å². The van der Waals surface area contributed by atoms with Crippen molar-refractivity contribution < 1.29 is 78.3 Å². The summed E-state index contributed by atoms with van der Waals surface area (Å²) in [6.45, 7) is 8.64. The van der Waals surface area contributed by atoms with Gasteiger partial charge in [0.25, 0.3) is 0 Å². The van der Waals surface area contributed by atoms with Gasteiger partial charge in [-0.25, -0.2) is 4.79 Å². The highest BCUT2D eigenvalue weighted by Gasteiger charge is 2.53. The Morgan fingerprint density at radius 1 is 0.778 bits per heavy atom. The highest BCUT2D eigenvalue weighted by atomic mass is 16.7. The second kappa shape index (κ2) is 25.6. The molecule has 0 spiro atoms. The first-order valence-corrected chi connectivity index (χ1v) is 22.8. The zero-order chi connectivity index (χ0) is 46.4. The Morgan fingerprint density at radius 2 is 1.43 bits per heavy atom. The Kier molecular flexibility index (Phi) is 21.4. The SMILES string of the molecule is CC[C@@H]1CC(C(=O)NCCNC(=O)CCC(=O)NCCC(C)C)CC(O[C@@H]2O[C@@H](CO)C(O)C(O[C@@H](CC3CCCCC3)C(=O)O)C2NC(C)=O)C1OC1OC(C)C(O)C(O)C1O. The molecule has 4 aliphatic rings. The van der Waals surface area contributed by atoms with Crippen LogP contribution in [0.5, 0.6) is 0 Å². The summed E-state index contributed by atoms with van der Waals surface area (Å²) >= 11 is 0. The molecule has 20 nitrogen and oxygen atoms in total. The minimum Gasteiger partial charge on any atom is -0.479 e.